The highest BCUT2D eigenvalue weighted by Crippen LogP contribution is 2.52. The molecule has 0 radical (unpaired) electrons. The van der Waals surface area contributed by atoms with Crippen LogP contribution in [0.4, 0.5) is 0 Å². The SMILES string of the molecule is C.C.CCC(C)[C@H]1O[C@]2(C=C[C@@H]1C)C[C@@H]1C[C@@H](C/C=C(\C)[C@@H](O[C@H]3C[C@H](OC)[C@@H](O[C@H]4C[C@H](OC)[C@@]5(C[C@H](OC(C)=O)OC5C)[C@H](C)O4)[C@H](C)O3)C(C)/C=C/C=C3\CO[C@@H]4[C@H](O)C(C)=C[C@@H](C(=O)O1)[C@]34O)O2. The van der Waals surface area contributed by atoms with E-state index in [4.69, 9.17) is 56.8 Å². The van der Waals surface area contributed by atoms with E-state index < -0.39 is 102 Å². The van der Waals surface area contributed by atoms with Gasteiger partial charge < -0.3 is 67.1 Å². The van der Waals surface area contributed by atoms with Gasteiger partial charge in [-0.25, -0.2) is 0 Å². The molecule has 0 aromatic rings. The molecule has 0 aromatic heterocycles. The number of aliphatic hydroxyl groups excluding tert-OH is 1. The van der Waals surface area contributed by atoms with Crippen LogP contribution in [0.3, 0.4) is 0 Å². The lowest BCUT2D eigenvalue weighted by Crippen LogP contribution is -2.59. The molecular formula is C56H88O16. The number of carbonyl (C=O) groups excluding carboxylic acids is 2. The maximum absolute atomic E-state index is 14.4. The second kappa shape index (κ2) is 23.6. The van der Waals surface area contributed by atoms with Crippen molar-refractivity contribution in [2.45, 2.75) is 233 Å². The molecule has 408 valence electrons. The molecule has 8 rings (SSSR count). The molecule has 3 unspecified atom stereocenters. The Morgan fingerprint density at radius 3 is 2.26 bits per heavy atom. The summed E-state index contributed by atoms with van der Waals surface area (Å²) < 4.78 is 77.1. The Kier molecular flexibility index (Phi) is 19.1. The maximum Gasteiger partial charge on any atom is 0.316 e. The number of aliphatic hydroxyl groups is 2. The summed E-state index contributed by atoms with van der Waals surface area (Å²) in [4.78, 5) is 26.2. The highest BCUT2D eigenvalue weighted by Gasteiger charge is 2.62. The number of esters is 2. The van der Waals surface area contributed by atoms with Gasteiger partial charge in [0.15, 0.2) is 18.4 Å². The van der Waals surface area contributed by atoms with Crippen LogP contribution in [0, 0.1) is 29.1 Å². The molecule has 0 saturated carbocycles. The van der Waals surface area contributed by atoms with Gasteiger partial charge in [-0.3, -0.25) is 9.59 Å². The van der Waals surface area contributed by atoms with Crippen LogP contribution in [0.15, 0.2) is 59.3 Å². The fourth-order valence-corrected chi connectivity index (χ4v) is 12.7. The number of ether oxygens (including phenoxy) is 12. The van der Waals surface area contributed by atoms with E-state index in [0.29, 0.717) is 43.3 Å². The van der Waals surface area contributed by atoms with Gasteiger partial charge in [0.1, 0.15) is 35.9 Å². The third kappa shape index (κ3) is 11.3. The standard InChI is InChI=1S/C54H80O16.2CH4/c1-13-28(2)48-31(5)19-20-52(70-48)25-39-22-38(69-52)18-17-30(4)47(29(3)15-14-16-37-27-61-50-46(56)32(6)21-40(51(57)66-39)54(37,50)58)67-43-23-41(59-11)49(33(7)62-43)68-44-24-42(60-12)53(34(8)63-44)26-45(64-35(53)9)65-36(10)55;;/h14-17,19-21,28-29,31,33-35,38-50,56,58H,13,18,22-27H2,1-12H3;2*1H4/b15-14+,30-17+,37-16+;;/t28?,29?,31-,33-,34-,35?,38+,39-,40-,41-,42-,43-,44-,45-,46+,47-,48+,49-,50+,52+,53-,54+;;/m0../s1. The van der Waals surface area contributed by atoms with Gasteiger partial charge in [0.25, 0.3) is 0 Å². The molecule has 5 saturated heterocycles. The Morgan fingerprint density at radius 2 is 1.58 bits per heavy atom. The van der Waals surface area contributed by atoms with Crippen molar-refractivity contribution in [3.8, 4) is 0 Å². The number of carbonyl (C=O) groups is 2. The van der Waals surface area contributed by atoms with E-state index in [1.54, 1.807) is 33.3 Å². The van der Waals surface area contributed by atoms with E-state index in [1.165, 1.54) is 6.92 Å². The van der Waals surface area contributed by atoms with E-state index in [1.807, 2.05) is 45.9 Å². The lowest BCUT2D eigenvalue weighted by atomic mass is 9.69. The second-order valence-electron chi connectivity index (χ2n) is 21.5. The van der Waals surface area contributed by atoms with Crippen molar-refractivity contribution in [2.24, 2.45) is 29.1 Å². The van der Waals surface area contributed by atoms with Crippen molar-refractivity contribution in [3.63, 3.8) is 0 Å². The summed E-state index contributed by atoms with van der Waals surface area (Å²) in [5, 5.41) is 23.9. The van der Waals surface area contributed by atoms with Gasteiger partial charge in [-0.05, 0) is 69.8 Å². The summed E-state index contributed by atoms with van der Waals surface area (Å²) in [6.45, 7) is 19.6. The number of rotatable bonds is 9. The van der Waals surface area contributed by atoms with Crippen molar-refractivity contribution in [3.05, 3.63) is 59.3 Å². The Balaban J connectivity index is 0.00000423. The van der Waals surface area contributed by atoms with E-state index >= 15 is 0 Å². The molecule has 8 aliphatic rings. The molecule has 2 N–H and O–H groups in total. The number of hydrogen-bond donors (Lipinski definition) is 2. The first-order chi connectivity index (χ1) is 33.2. The van der Waals surface area contributed by atoms with Crippen LogP contribution in [-0.2, 0) is 66.4 Å². The van der Waals surface area contributed by atoms with Crippen LogP contribution in [0.25, 0.3) is 0 Å². The summed E-state index contributed by atoms with van der Waals surface area (Å²) in [6.07, 6.45) is 8.78. The summed E-state index contributed by atoms with van der Waals surface area (Å²) in [7, 11) is 3.33. The van der Waals surface area contributed by atoms with Crippen molar-refractivity contribution in [2.75, 3.05) is 20.8 Å². The maximum atomic E-state index is 14.4. The average molecular weight is 1020 g/mol. The summed E-state index contributed by atoms with van der Waals surface area (Å²) in [6, 6.07) is 0. The van der Waals surface area contributed by atoms with Crippen molar-refractivity contribution >= 4 is 11.9 Å². The van der Waals surface area contributed by atoms with Gasteiger partial charge in [-0.2, -0.15) is 0 Å². The molecular weight excluding hydrogens is 929 g/mol. The molecule has 2 bridgehead atoms. The van der Waals surface area contributed by atoms with Crippen LogP contribution in [-0.4, -0.2) is 146 Å². The largest absolute Gasteiger partial charge is 0.462 e. The Morgan fingerprint density at radius 1 is 0.875 bits per heavy atom. The van der Waals surface area contributed by atoms with Crippen LogP contribution in [0.1, 0.15) is 129 Å². The molecule has 5 fully saturated rings. The highest BCUT2D eigenvalue weighted by molar-refractivity contribution is 5.78. The first-order valence-electron chi connectivity index (χ1n) is 25.8. The molecule has 7 aliphatic heterocycles. The molecule has 16 heteroatoms. The minimum Gasteiger partial charge on any atom is -0.462 e. The van der Waals surface area contributed by atoms with Gasteiger partial charge in [0.05, 0.1) is 60.9 Å². The van der Waals surface area contributed by atoms with Crippen molar-refractivity contribution in [1.82, 2.24) is 0 Å². The van der Waals surface area contributed by atoms with E-state index in [2.05, 4.69) is 39.8 Å². The smallest absolute Gasteiger partial charge is 0.316 e. The monoisotopic (exact) mass is 1020 g/mol. The molecule has 16 nitrogen and oxygen atoms in total. The Bertz CT molecular complexity index is 2030. The lowest BCUT2D eigenvalue weighted by Gasteiger charge is -2.50. The Hall–Kier alpha value is -2.84. The van der Waals surface area contributed by atoms with Gasteiger partial charge in [0.2, 0.25) is 6.29 Å². The summed E-state index contributed by atoms with van der Waals surface area (Å²) >= 11 is 0. The number of hydrogen-bond acceptors (Lipinski definition) is 16. The molecule has 22 atom stereocenters. The normalized spacial score (nSPS) is 47.6. The van der Waals surface area contributed by atoms with E-state index in [-0.39, 0.29) is 70.1 Å². The zero-order valence-electron chi connectivity index (χ0n) is 43.3. The van der Waals surface area contributed by atoms with E-state index in [9.17, 15) is 19.8 Å². The highest BCUT2D eigenvalue weighted by atomic mass is 16.7. The van der Waals surface area contributed by atoms with Crippen molar-refractivity contribution in [1.29, 1.82) is 0 Å². The van der Waals surface area contributed by atoms with Crippen LogP contribution in [0.5, 0.6) is 0 Å². The predicted molar refractivity (Wildman–Crippen MR) is 268 cm³/mol. The average Bonchev–Trinajstić information content (AvgIpc) is 3.83. The zero-order chi connectivity index (χ0) is 50.4. The number of methoxy groups -OCH3 is 2. The minimum absolute atomic E-state index is 0. The van der Waals surface area contributed by atoms with Crippen LogP contribution in [0.2, 0.25) is 0 Å². The van der Waals surface area contributed by atoms with Gasteiger partial charge in [-0.1, -0.05) is 85.4 Å². The quantitative estimate of drug-likeness (QED) is 0.167. The summed E-state index contributed by atoms with van der Waals surface area (Å²) in [5.74, 6) is -3.04. The zero-order valence-corrected chi connectivity index (χ0v) is 43.3. The third-order valence-electron chi connectivity index (χ3n) is 16.9. The van der Waals surface area contributed by atoms with E-state index in [0.717, 1.165) is 12.0 Å². The number of allylic oxidation sites excluding steroid dienone is 2. The second-order valence-corrected chi connectivity index (χ2v) is 21.5. The van der Waals surface area contributed by atoms with Gasteiger partial charge in [0, 0.05) is 65.1 Å². The fraction of sp³-hybridized carbons (Fsp3) is 0.786. The first kappa shape index (κ1) is 58.4. The van der Waals surface area contributed by atoms with Gasteiger partial charge >= 0.3 is 11.9 Å². The minimum atomic E-state index is -1.85. The molecule has 72 heavy (non-hydrogen) atoms. The Labute approximate surface area is 429 Å². The lowest BCUT2D eigenvalue weighted by molar-refractivity contribution is -0.326. The topological polar surface area (TPSA) is 185 Å². The molecule has 1 aliphatic carbocycles. The molecule has 0 amide bonds. The third-order valence-corrected chi connectivity index (χ3v) is 16.9. The van der Waals surface area contributed by atoms with Crippen LogP contribution >= 0.6 is 0 Å². The predicted octanol–water partition coefficient (Wildman–Crippen LogP) is 7.97. The number of fused-ring (bicyclic) bond motifs is 2. The molecule has 7 heterocycles. The van der Waals surface area contributed by atoms with Crippen molar-refractivity contribution < 1.29 is 76.6 Å². The van der Waals surface area contributed by atoms with Crippen LogP contribution < -0.4 is 0 Å². The summed E-state index contributed by atoms with van der Waals surface area (Å²) in [5.41, 5.74) is -0.457. The first-order valence-corrected chi connectivity index (χ1v) is 25.8. The molecule has 0 aromatic carbocycles. The fourth-order valence-electron chi connectivity index (χ4n) is 12.7. The van der Waals surface area contributed by atoms with Gasteiger partial charge in [-0.15, -0.1) is 0 Å². The molecule has 2 spiro atoms.